The minimum absolute atomic E-state index is 0.939. The summed E-state index contributed by atoms with van der Waals surface area (Å²) < 4.78 is 0. The number of hydrogen-bond donors (Lipinski definition) is 0. The van der Waals surface area contributed by atoms with Crippen molar-refractivity contribution in [2.75, 3.05) is 0 Å². The fourth-order valence-electron chi connectivity index (χ4n) is 9.19. The zero-order valence-corrected chi connectivity index (χ0v) is 19.5. The lowest BCUT2D eigenvalue weighted by Crippen LogP contribution is -2.59. The molecule has 5 aliphatic rings. The number of hydrogen-bond acceptors (Lipinski definition) is 1. The topological polar surface area (TPSA) is 3.24 Å². The van der Waals surface area contributed by atoms with Crippen molar-refractivity contribution in [2.24, 2.45) is 29.6 Å². The van der Waals surface area contributed by atoms with Crippen LogP contribution in [-0.4, -0.2) is 23.0 Å². The average Bonchev–Trinajstić information content (AvgIpc) is 2.80. The summed E-state index contributed by atoms with van der Waals surface area (Å²) in [5.41, 5.74) is 0. The van der Waals surface area contributed by atoms with Crippen LogP contribution in [0.5, 0.6) is 0 Å². The first-order chi connectivity index (χ1) is 14.3. The van der Waals surface area contributed by atoms with E-state index in [1.54, 1.807) is 51.4 Å². The minimum Gasteiger partial charge on any atom is -0.294 e. The first kappa shape index (κ1) is 20.8. The Morgan fingerprint density at radius 1 is 0.517 bits per heavy atom. The molecule has 5 fully saturated rings. The predicted octanol–water partition coefficient (Wildman–Crippen LogP) is 7.98. The van der Waals surface area contributed by atoms with E-state index in [0.29, 0.717) is 0 Å². The van der Waals surface area contributed by atoms with E-state index in [0.717, 1.165) is 47.7 Å². The highest BCUT2D eigenvalue weighted by Gasteiger charge is 2.47. The second kappa shape index (κ2) is 9.62. The maximum Gasteiger partial charge on any atom is 0.0132 e. The highest BCUT2D eigenvalue weighted by Crippen LogP contribution is 2.49. The van der Waals surface area contributed by atoms with Gasteiger partial charge < -0.3 is 0 Å². The fraction of sp³-hybridized carbons (Fsp3) is 1.00. The first-order valence-electron chi connectivity index (χ1n) is 14.1. The highest BCUT2D eigenvalue weighted by molar-refractivity contribution is 5.00. The summed E-state index contributed by atoms with van der Waals surface area (Å²) >= 11 is 0. The maximum atomic E-state index is 3.33. The normalized spacial score (nSPS) is 46.1. The molecule has 0 amide bonds. The molecular weight excluding hydrogens is 350 g/mol. The van der Waals surface area contributed by atoms with E-state index < -0.39 is 0 Å². The van der Waals surface area contributed by atoms with Crippen LogP contribution in [0.15, 0.2) is 0 Å². The smallest absolute Gasteiger partial charge is 0.0132 e. The molecule has 0 bridgehead atoms. The molecule has 6 unspecified atom stereocenters. The Labute approximate surface area is 181 Å². The van der Waals surface area contributed by atoms with E-state index in [1.807, 2.05) is 0 Å². The van der Waals surface area contributed by atoms with Crippen LogP contribution in [-0.2, 0) is 0 Å². The molecule has 5 aliphatic carbocycles. The van der Waals surface area contributed by atoms with Crippen LogP contribution in [0.3, 0.4) is 0 Å². The molecule has 0 saturated heterocycles. The molecule has 166 valence electrons. The fourth-order valence-corrected chi connectivity index (χ4v) is 9.19. The van der Waals surface area contributed by atoms with Crippen molar-refractivity contribution in [3.05, 3.63) is 0 Å². The second-order valence-corrected chi connectivity index (χ2v) is 11.9. The highest BCUT2D eigenvalue weighted by atomic mass is 15.2. The van der Waals surface area contributed by atoms with Crippen molar-refractivity contribution < 1.29 is 0 Å². The monoisotopic (exact) mass is 399 g/mol. The van der Waals surface area contributed by atoms with Crippen molar-refractivity contribution >= 4 is 0 Å². The first-order valence-corrected chi connectivity index (χ1v) is 14.1. The van der Waals surface area contributed by atoms with E-state index in [1.165, 1.54) is 70.6 Å². The minimum atomic E-state index is 0.939. The van der Waals surface area contributed by atoms with Crippen LogP contribution in [0, 0.1) is 29.6 Å². The Bertz CT molecular complexity index is 468. The summed E-state index contributed by atoms with van der Waals surface area (Å²) in [6.07, 6.45) is 29.2. The van der Waals surface area contributed by atoms with Gasteiger partial charge in [0, 0.05) is 18.1 Å². The van der Waals surface area contributed by atoms with Crippen LogP contribution in [0.1, 0.15) is 129 Å². The largest absolute Gasteiger partial charge is 0.294 e. The summed E-state index contributed by atoms with van der Waals surface area (Å²) in [5, 5.41) is 0. The Morgan fingerprint density at radius 2 is 1.00 bits per heavy atom. The Morgan fingerprint density at radius 3 is 1.52 bits per heavy atom. The van der Waals surface area contributed by atoms with Gasteiger partial charge in [-0.3, -0.25) is 4.90 Å². The van der Waals surface area contributed by atoms with Gasteiger partial charge in [-0.25, -0.2) is 0 Å². The lowest BCUT2D eigenvalue weighted by Gasteiger charge is -2.56. The third-order valence-corrected chi connectivity index (χ3v) is 10.7. The Kier molecular flexibility index (Phi) is 6.91. The molecule has 0 heterocycles. The van der Waals surface area contributed by atoms with Crippen LogP contribution >= 0.6 is 0 Å². The third kappa shape index (κ3) is 4.33. The van der Waals surface area contributed by atoms with Crippen LogP contribution in [0.25, 0.3) is 0 Å². The van der Waals surface area contributed by atoms with Crippen LogP contribution in [0.2, 0.25) is 0 Å². The van der Waals surface area contributed by atoms with Crippen molar-refractivity contribution in [2.45, 2.75) is 147 Å². The molecule has 1 nitrogen and oxygen atoms in total. The number of nitrogens with zero attached hydrogens (tertiary/aromatic N) is 1. The molecule has 1 heteroatoms. The predicted molar refractivity (Wildman–Crippen MR) is 124 cm³/mol. The Balaban J connectivity index is 1.41. The van der Waals surface area contributed by atoms with Gasteiger partial charge in [0.2, 0.25) is 0 Å². The molecule has 0 N–H and O–H groups in total. The van der Waals surface area contributed by atoms with E-state index in [-0.39, 0.29) is 0 Å². The van der Waals surface area contributed by atoms with Crippen LogP contribution < -0.4 is 0 Å². The summed E-state index contributed by atoms with van der Waals surface area (Å²) in [5.74, 6) is 5.33. The van der Waals surface area contributed by atoms with Crippen LogP contribution in [0.4, 0.5) is 0 Å². The standard InChI is InChI=1S/C28H49N/c1-2-21-17-19-24(20-18-21)29(27-15-7-11-22-9-3-5-13-25(22)27)28-16-8-12-23-10-4-6-14-26(23)28/h21-28H,2-20H2,1H3. The van der Waals surface area contributed by atoms with Crippen molar-refractivity contribution in [3.63, 3.8) is 0 Å². The van der Waals surface area contributed by atoms with Gasteiger partial charge in [-0.15, -0.1) is 0 Å². The van der Waals surface area contributed by atoms with Gasteiger partial charge >= 0.3 is 0 Å². The lowest BCUT2D eigenvalue weighted by molar-refractivity contribution is -0.0689. The zero-order chi connectivity index (χ0) is 19.6. The maximum absolute atomic E-state index is 3.33. The quantitative estimate of drug-likeness (QED) is 0.463. The van der Waals surface area contributed by atoms with Gasteiger partial charge in [-0.05, 0) is 81.0 Å². The van der Waals surface area contributed by atoms with Gasteiger partial charge in [-0.2, -0.15) is 0 Å². The summed E-state index contributed by atoms with van der Waals surface area (Å²) in [6, 6.07) is 2.86. The van der Waals surface area contributed by atoms with E-state index in [2.05, 4.69) is 11.8 Å². The van der Waals surface area contributed by atoms with Gasteiger partial charge in [-0.1, -0.05) is 77.6 Å². The molecular formula is C28H49N. The van der Waals surface area contributed by atoms with Gasteiger partial charge in [0.25, 0.3) is 0 Å². The number of rotatable bonds is 4. The van der Waals surface area contributed by atoms with Gasteiger partial charge in [0.1, 0.15) is 0 Å². The SMILES string of the molecule is CCC1CCC(N(C2CCCC3CCCCC32)C2CCCC3CCCCC32)CC1. The summed E-state index contributed by atoms with van der Waals surface area (Å²) in [7, 11) is 0. The third-order valence-electron chi connectivity index (χ3n) is 10.7. The molecule has 0 radical (unpaired) electrons. The Hall–Kier alpha value is -0.0400. The zero-order valence-electron chi connectivity index (χ0n) is 19.5. The van der Waals surface area contributed by atoms with Crippen molar-refractivity contribution in [1.82, 2.24) is 4.90 Å². The molecule has 0 aromatic heterocycles. The van der Waals surface area contributed by atoms with Gasteiger partial charge in [0.05, 0.1) is 0 Å². The molecule has 0 aromatic carbocycles. The van der Waals surface area contributed by atoms with Crippen molar-refractivity contribution in [3.8, 4) is 0 Å². The van der Waals surface area contributed by atoms with E-state index >= 15 is 0 Å². The molecule has 0 aromatic rings. The van der Waals surface area contributed by atoms with Crippen molar-refractivity contribution in [1.29, 1.82) is 0 Å². The molecule has 0 spiro atoms. The summed E-state index contributed by atoms with van der Waals surface area (Å²) in [4.78, 5) is 3.33. The molecule has 29 heavy (non-hydrogen) atoms. The average molecular weight is 400 g/mol. The molecule has 0 aliphatic heterocycles. The van der Waals surface area contributed by atoms with E-state index in [4.69, 9.17) is 0 Å². The number of fused-ring (bicyclic) bond motifs is 2. The molecule has 5 rings (SSSR count). The molecule has 5 saturated carbocycles. The second-order valence-electron chi connectivity index (χ2n) is 11.9. The summed E-state index contributed by atoms with van der Waals surface area (Å²) in [6.45, 7) is 2.43. The van der Waals surface area contributed by atoms with E-state index in [9.17, 15) is 0 Å². The lowest BCUT2D eigenvalue weighted by atomic mass is 9.64. The van der Waals surface area contributed by atoms with Gasteiger partial charge in [0.15, 0.2) is 0 Å². The molecule has 6 atom stereocenters.